The number of rotatable bonds is 3. The molecular weight excluding hydrogens is 202 g/mol. The smallest absolute Gasteiger partial charge is 0.286 e. The maximum absolute atomic E-state index is 10.9. The lowest BCUT2D eigenvalue weighted by atomic mass is 10.2. The van der Waals surface area contributed by atoms with Crippen LogP contribution in [0, 0.1) is 0 Å². The van der Waals surface area contributed by atoms with Gasteiger partial charge in [-0.05, 0) is 17.7 Å². The van der Waals surface area contributed by atoms with E-state index >= 15 is 0 Å². The second kappa shape index (κ2) is 4.77. The van der Waals surface area contributed by atoms with E-state index in [4.69, 9.17) is 11.6 Å². The van der Waals surface area contributed by atoms with Crippen LogP contribution < -0.4 is 0 Å². The molecule has 0 aliphatic rings. The van der Waals surface area contributed by atoms with E-state index < -0.39 is 5.91 Å². The van der Waals surface area contributed by atoms with Crippen LogP contribution in [0.2, 0.25) is 5.02 Å². The van der Waals surface area contributed by atoms with Crippen LogP contribution in [0.5, 0.6) is 0 Å². The predicted molar refractivity (Wildman–Crippen MR) is 54.0 cm³/mol. The molecule has 1 rings (SSSR count). The maximum Gasteiger partial charge on any atom is 0.286 e. The lowest BCUT2D eigenvalue weighted by molar-refractivity contribution is -0.138. The Labute approximate surface area is 87.3 Å². The van der Waals surface area contributed by atoms with Gasteiger partial charge in [0.05, 0.1) is 0 Å². The topological polar surface area (TPSA) is 37.4 Å². The Hall–Kier alpha value is -1.35. The van der Waals surface area contributed by atoms with E-state index in [0.717, 1.165) is 5.56 Å². The number of likely N-dealkylation sites (N-methyl/N-ethyl adjacent to an activating group) is 1. The van der Waals surface area contributed by atoms with Crippen LogP contribution in [0.3, 0.4) is 0 Å². The van der Waals surface area contributed by atoms with Gasteiger partial charge in [-0.1, -0.05) is 23.7 Å². The average Bonchev–Trinajstić information content (AvgIpc) is 2.20. The Kier molecular flexibility index (Phi) is 3.65. The van der Waals surface area contributed by atoms with Crippen molar-refractivity contribution in [3.05, 3.63) is 34.9 Å². The average molecular weight is 212 g/mol. The number of halogens is 1. The van der Waals surface area contributed by atoms with Crippen LogP contribution in [-0.2, 0) is 16.1 Å². The molecule has 0 fully saturated rings. The van der Waals surface area contributed by atoms with Gasteiger partial charge in [0.2, 0.25) is 6.29 Å². The number of hydrogen-bond donors (Lipinski definition) is 0. The van der Waals surface area contributed by atoms with Gasteiger partial charge in [-0.25, -0.2) is 0 Å². The molecule has 74 valence electrons. The highest BCUT2D eigenvalue weighted by Crippen LogP contribution is 2.10. The molecule has 0 saturated heterocycles. The quantitative estimate of drug-likeness (QED) is 0.561. The zero-order valence-corrected chi connectivity index (χ0v) is 8.49. The summed E-state index contributed by atoms with van der Waals surface area (Å²) in [6.45, 7) is 0.411. The molecule has 0 bridgehead atoms. The highest BCUT2D eigenvalue weighted by molar-refractivity contribution is 6.30. The third-order valence-corrected chi connectivity index (χ3v) is 2.06. The molecule has 1 aromatic rings. The number of carbonyl (C=O) groups is 2. The lowest BCUT2D eigenvalue weighted by Crippen LogP contribution is -2.26. The molecule has 14 heavy (non-hydrogen) atoms. The van der Waals surface area contributed by atoms with E-state index in [1.54, 1.807) is 19.2 Å². The van der Waals surface area contributed by atoms with Gasteiger partial charge in [0.25, 0.3) is 5.91 Å². The molecule has 0 spiro atoms. The van der Waals surface area contributed by atoms with E-state index in [1.807, 2.05) is 12.1 Å². The highest BCUT2D eigenvalue weighted by atomic mass is 35.5. The van der Waals surface area contributed by atoms with Crippen LogP contribution in [0.1, 0.15) is 5.56 Å². The Morgan fingerprint density at radius 1 is 1.43 bits per heavy atom. The Bertz CT molecular complexity index is 334. The summed E-state index contributed by atoms with van der Waals surface area (Å²) in [5, 5.41) is 0.651. The number of aldehydes is 1. The van der Waals surface area contributed by atoms with Gasteiger partial charge in [-0.3, -0.25) is 9.59 Å². The summed E-state index contributed by atoms with van der Waals surface area (Å²) in [7, 11) is 1.57. The van der Waals surface area contributed by atoms with Gasteiger partial charge in [0.15, 0.2) is 0 Å². The fraction of sp³-hybridized carbons (Fsp3) is 0.200. The van der Waals surface area contributed by atoms with E-state index in [-0.39, 0.29) is 0 Å². The van der Waals surface area contributed by atoms with E-state index in [1.165, 1.54) is 4.90 Å². The maximum atomic E-state index is 10.9. The van der Waals surface area contributed by atoms with Crippen LogP contribution >= 0.6 is 11.6 Å². The minimum absolute atomic E-state index is 0.302. The molecule has 4 heteroatoms. The third-order valence-electron chi connectivity index (χ3n) is 1.81. The van der Waals surface area contributed by atoms with Crippen LogP contribution in [-0.4, -0.2) is 24.1 Å². The molecule has 0 aromatic heterocycles. The molecule has 0 atom stereocenters. The van der Waals surface area contributed by atoms with Gasteiger partial charge in [-0.2, -0.15) is 0 Å². The minimum Gasteiger partial charge on any atom is -0.335 e. The Morgan fingerprint density at radius 2 is 2.00 bits per heavy atom. The van der Waals surface area contributed by atoms with Gasteiger partial charge >= 0.3 is 0 Å². The van der Waals surface area contributed by atoms with Gasteiger partial charge in [0.1, 0.15) is 0 Å². The summed E-state index contributed by atoms with van der Waals surface area (Å²) in [6, 6.07) is 7.13. The van der Waals surface area contributed by atoms with E-state index in [2.05, 4.69) is 0 Å². The summed E-state index contributed by atoms with van der Waals surface area (Å²) >= 11 is 5.70. The molecule has 0 aliphatic carbocycles. The van der Waals surface area contributed by atoms with Crippen molar-refractivity contribution >= 4 is 23.8 Å². The first-order valence-electron chi connectivity index (χ1n) is 4.08. The second-order valence-electron chi connectivity index (χ2n) is 2.94. The van der Waals surface area contributed by atoms with Crippen molar-refractivity contribution in [1.82, 2.24) is 4.90 Å². The molecule has 0 radical (unpaired) electrons. The van der Waals surface area contributed by atoms with Crippen molar-refractivity contribution in [1.29, 1.82) is 0 Å². The van der Waals surface area contributed by atoms with Gasteiger partial charge < -0.3 is 4.90 Å². The number of amides is 1. The summed E-state index contributed by atoms with van der Waals surface area (Å²) in [6.07, 6.45) is 0.302. The van der Waals surface area contributed by atoms with Crippen molar-refractivity contribution in [2.24, 2.45) is 0 Å². The number of carbonyl (C=O) groups excluding carboxylic acids is 2. The summed E-state index contributed by atoms with van der Waals surface area (Å²) in [5.41, 5.74) is 0.937. The predicted octanol–water partition coefficient (Wildman–Crippen LogP) is 1.50. The third kappa shape index (κ3) is 2.85. The normalized spacial score (nSPS) is 9.57. The monoisotopic (exact) mass is 211 g/mol. The van der Waals surface area contributed by atoms with Crippen LogP contribution in [0.15, 0.2) is 24.3 Å². The number of nitrogens with zero attached hydrogens (tertiary/aromatic N) is 1. The SMILES string of the molecule is CN(Cc1ccc(Cl)cc1)C(=O)C=O. The van der Waals surface area contributed by atoms with Crippen LogP contribution in [0.4, 0.5) is 0 Å². The molecule has 0 aliphatic heterocycles. The first kappa shape index (κ1) is 10.7. The molecule has 0 heterocycles. The van der Waals surface area contributed by atoms with E-state index in [9.17, 15) is 9.59 Å². The molecule has 1 amide bonds. The first-order chi connectivity index (χ1) is 6.63. The number of hydrogen-bond acceptors (Lipinski definition) is 2. The van der Waals surface area contributed by atoms with Crippen LogP contribution in [0.25, 0.3) is 0 Å². The highest BCUT2D eigenvalue weighted by Gasteiger charge is 2.06. The van der Waals surface area contributed by atoms with Crippen molar-refractivity contribution in [3.8, 4) is 0 Å². The van der Waals surface area contributed by atoms with E-state index in [0.29, 0.717) is 17.9 Å². The summed E-state index contributed by atoms with van der Waals surface area (Å²) < 4.78 is 0. The van der Waals surface area contributed by atoms with Crippen molar-refractivity contribution in [2.45, 2.75) is 6.54 Å². The fourth-order valence-corrected chi connectivity index (χ4v) is 1.16. The minimum atomic E-state index is -0.528. The molecule has 0 N–H and O–H groups in total. The molecule has 0 unspecified atom stereocenters. The number of benzene rings is 1. The largest absolute Gasteiger partial charge is 0.335 e. The second-order valence-corrected chi connectivity index (χ2v) is 3.38. The zero-order chi connectivity index (χ0) is 10.6. The molecule has 3 nitrogen and oxygen atoms in total. The summed E-state index contributed by atoms with van der Waals surface area (Å²) in [4.78, 5) is 22.4. The molecule has 1 aromatic carbocycles. The lowest BCUT2D eigenvalue weighted by Gasteiger charge is -2.13. The Morgan fingerprint density at radius 3 is 2.50 bits per heavy atom. The van der Waals surface area contributed by atoms with Crippen molar-refractivity contribution < 1.29 is 9.59 Å². The fourth-order valence-electron chi connectivity index (χ4n) is 1.03. The summed E-state index contributed by atoms with van der Waals surface area (Å²) in [5.74, 6) is -0.528. The molecule has 0 saturated carbocycles. The standard InChI is InChI=1S/C10H10ClNO2/c1-12(10(14)7-13)6-8-2-4-9(11)5-3-8/h2-5,7H,6H2,1H3. The Balaban J connectivity index is 2.64. The van der Waals surface area contributed by atoms with Crippen molar-refractivity contribution in [3.63, 3.8) is 0 Å². The zero-order valence-electron chi connectivity index (χ0n) is 7.74. The van der Waals surface area contributed by atoms with Crippen molar-refractivity contribution in [2.75, 3.05) is 7.05 Å². The molecular formula is C10H10ClNO2. The van der Waals surface area contributed by atoms with Gasteiger partial charge in [0, 0.05) is 18.6 Å². The van der Waals surface area contributed by atoms with Gasteiger partial charge in [-0.15, -0.1) is 0 Å². The first-order valence-corrected chi connectivity index (χ1v) is 4.46.